The van der Waals surface area contributed by atoms with E-state index in [9.17, 15) is 13.2 Å². The van der Waals surface area contributed by atoms with E-state index in [4.69, 9.17) is 4.98 Å². The van der Waals surface area contributed by atoms with Gasteiger partial charge in [0, 0.05) is 26.6 Å². The van der Waals surface area contributed by atoms with Crippen LogP contribution in [-0.2, 0) is 6.18 Å². The van der Waals surface area contributed by atoms with Gasteiger partial charge in [-0.2, -0.15) is 13.2 Å². The van der Waals surface area contributed by atoms with Crippen LogP contribution in [0.5, 0.6) is 0 Å². The molecular formula is C56H33F3N2S. The number of fused-ring (bicyclic) bond motifs is 10. The van der Waals surface area contributed by atoms with Gasteiger partial charge in [0.05, 0.1) is 33.7 Å². The van der Waals surface area contributed by atoms with Crippen LogP contribution in [0.2, 0.25) is 0 Å². The lowest BCUT2D eigenvalue weighted by molar-refractivity contribution is -0.137. The van der Waals surface area contributed by atoms with Crippen LogP contribution in [0.3, 0.4) is 0 Å². The predicted molar refractivity (Wildman–Crippen MR) is 253 cm³/mol. The van der Waals surface area contributed by atoms with Crippen molar-refractivity contribution in [3.63, 3.8) is 0 Å². The minimum absolute atomic E-state index is 0.665. The molecule has 0 radical (unpaired) electrons. The first-order valence-corrected chi connectivity index (χ1v) is 21.4. The van der Waals surface area contributed by atoms with E-state index in [0.717, 1.165) is 89.2 Å². The Bertz CT molecular complexity index is 3660. The number of halogens is 3. The van der Waals surface area contributed by atoms with Crippen molar-refractivity contribution in [2.45, 2.75) is 6.18 Å². The smallest absolute Gasteiger partial charge is 0.309 e. The number of hydrogen-bond acceptors (Lipinski definition) is 2. The van der Waals surface area contributed by atoms with Crippen LogP contribution in [0, 0.1) is 0 Å². The lowest BCUT2D eigenvalue weighted by Gasteiger charge is -2.15. The molecule has 294 valence electrons. The molecular weight excluding hydrogens is 790 g/mol. The SMILES string of the molecule is FC(F)(F)c1ccc(-c2ccc3c(c2)c2cc4c5ccccc5c5cc(-c6cccc7ccsc67)ccc5c4cc2n3-c2cc(-c3ccccc3)nc(-c3ccccc3)c2)cc1. The average molecular weight is 823 g/mol. The minimum atomic E-state index is -4.41. The van der Waals surface area contributed by atoms with Gasteiger partial charge in [0.1, 0.15) is 0 Å². The molecule has 12 aromatic rings. The normalized spacial score (nSPS) is 12.1. The summed E-state index contributed by atoms with van der Waals surface area (Å²) in [5.74, 6) is 0. The zero-order valence-corrected chi connectivity index (χ0v) is 33.8. The molecule has 0 bridgehead atoms. The Hall–Kier alpha value is -7.54. The maximum atomic E-state index is 13.6. The second-order valence-corrected chi connectivity index (χ2v) is 16.8. The van der Waals surface area contributed by atoms with E-state index >= 15 is 0 Å². The molecule has 0 N–H and O–H groups in total. The number of aromatic nitrogens is 2. The lowest BCUT2D eigenvalue weighted by Crippen LogP contribution is -2.03. The van der Waals surface area contributed by atoms with E-state index in [1.807, 2.05) is 42.5 Å². The molecule has 0 aliphatic rings. The Morgan fingerprint density at radius 1 is 0.403 bits per heavy atom. The number of thiophene rings is 1. The highest BCUT2D eigenvalue weighted by atomic mass is 32.1. The number of benzene rings is 9. The fourth-order valence-corrected chi connectivity index (χ4v) is 10.3. The number of pyridine rings is 1. The highest BCUT2D eigenvalue weighted by molar-refractivity contribution is 7.17. The van der Waals surface area contributed by atoms with Gasteiger partial charge < -0.3 is 4.57 Å². The summed E-state index contributed by atoms with van der Waals surface area (Å²) in [7, 11) is 0. The maximum absolute atomic E-state index is 13.6. The molecule has 0 amide bonds. The molecule has 0 unspecified atom stereocenters. The second kappa shape index (κ2) is 14.0. The van der Waals surface area contributed by atoms with Crippen LogP contribution in [0.1, 0.15) is 5.56 Å². The number of rotatable bonds is 5. The largest absolute Gasteiger partial charge is 0.416 e. The summed E-state index contributed by atoms with van der Waals surface area (Å²) in [6.45, 7) is 0. The van der Waals surface area contributed by atoms with E-state index < -0.39 is 11.7 Å². The standard InChI is InChI=1S/C56H33F3N2S/c57-56(58,59)40-22-18-34(19-23-40)38-21-25-53-49(28-38)50-32-47-44-16-8-7-15-43(44)46-29-39(42-17-9-14-37-26-27-62-55(37)42)20-24-45(46)48(47)33-54(50)61(53)41-30-51(35-10-3-1-4-11-35)60-52(31-41)36-12-5-2-6-13-36/h1-33H. The van der Waals surface area contributed by atoms with Crippen LogP contribution < -0.4 is 0 Å². The number of alkyl halides is 3. The molecule has 0 aliphatic heterocycles. The Balaban J connectivity index is 1.17. The molecule has 0 fully saturated rings. The Labute approximate surface area is 358 Å². The summed E-state index contributed by atoms with van der Waals surface area (Å²) in [4.78, 5) is 5.20. The van der Waals surface area contributed by atoms with Crippen LogP contribution in [0.25, 0.3) is 115 Å². The van der Waals surface area contributed by atoms with Gasteiger partial charge in [0.2, 0.25) is 0 Å². The van der Waals surface area contributed by atoms with Crippen LogP contribution in [0.4, 0.5) is 13.2 Å². The predicted octanol–water partition coefficient (Wildman–Crippen LogP) is 16.5. The minimum Gasteiger partial charge on any atom is -0.309 e. The van der Waals surface area contributed by atoms with Gasteiger partial charge in [-0.3, -0.25) is 0 Å². The van der Waals surface area contributed by atoms with Crippen molar-refractivity contribution in [3.8, 4) is 50.5 Å². The highest BCUT2D eigenvalue weighted by Gasteiger charge is 2.30. The third kappa shape index (κ3) is 5.90. The molecule has 12 rings (SSSR count). The van der Waals surface area contributed by atoms with E-state index in [0.29, 0.717) is 5.56 Å². The summed E-state index contributed by atoms with van der Waals surface area (Å²) in [5, 5.41) is 12.4. The van der Waals surface area contributed by atoms with Gasteiger partial charge in [-0.25, -0.2) is 4.98 Å². The average Bonchev–Trinajstić information content (AvgIpc) is 3.94. The van der Waals surface area contributed by atoms with Crippen molar-refractivity contribution in [3.05, 3.63) is 205 Å². The first kappa shape index (κ1) is 36.3. The van der Waals surface area contributed by atoms with Crippen molar-refractivity contribution in [2.75, 3.05) is 0 Å². The van der Waals surface area contributed by atoms with Gasteiger partial charge in [0.25, 0.3) is 0 Å². The van der Waals surface area contributed by atoms with E-state index in [1.165, 1.54) is 32.0 Å². The van der Waals surface area contributed by atoms with Crippen molar-refractivity contribution in [2.24, 2.45) is 0 Å². The van der Waals surface area contributed by atoms with Crippen molar-refractivity contribution in [1.29, 1.82) is 0 Å². The van der Waals surface area contributed by atoms with Gasteiger partial charge >= 0.3 is 6.18 Å². The number of hydrogen-bond donors (Lipinski definition) is 0. The maximum Gasteiger partial charge on any atom is 0.416 e. The monoisotopic (exact) mass is 822 g/mol. The molecule has 62 heavy (non-hydrogen) atoms. The van der Waals surface area contributed by atoms with Crippen LogP contribution in [-0.4, -0.2) is 9.55 Å². The van der Waals surface area contributed by atoms with Gasteiger partial charge in [-0.15, -0.1) is 11.3 Å². The lowest BCUT2D eigenvalue weighted by atomic mass is 9.91. The third-order valence-electron chi connectivity index (χ3n) is 12.3. The molecule has 9 aromatic carbocycles. The molecule has 0 atom stereocenters. The van der Waals surface area contributed by atoms with Gasteiger partial charge in [-0.1, -0.05) is 133 Å². The molecule has 0 saturated carbocycles. The first-order chi connectivity index (χ1) is 30.4. The molecule has 3 heterocycles. The topological polar surface area (TPSA) is 17.8 Å². The van der Waals surface area contributed by atoms with Gasteiger partial charge in [0.15, 0.2) is 0 Å². The Kier molecular flexibility index (Phi) is 8.21. The summed E-state index contributed by atoms with van der Waals surface area (Å²) < 4.78 is 44.4. The summed E-state index contributed by atoms with van der Waals surface area (Å²) in [6, 6.07) is 65.4. The number of nitrogens with zero attached hydrogens (tertiary/aromatic N) is 2. The Morgan fingerprint density at radius 3 is 1.68 bits per heavy atom. The fourth-order valence-electron chi connectivity index (χ4n) is 9.32. The van der Waals surface area contributed by atoms with E-state index in [2.05, 4.69) is 137 Å². The van der Waals surface area contributed by atoms with Crippen LogP contribution >= 0.6 is 11.3 Å². The summed E-state index contributed by atoms with van der Waals surface area (Å²) in [5.41, 5.74) is 9.97. The zero-order chi connectivity index (χ0) is 41.5. The zero-order valence-electron chi connectivity index (χ0n) is 33.0. The fraction of sp³-hybridized carbons (Fsp3) is 0.0179. The van der Waals surface area contributed by atoms with Crippen molar-refractivity contribution in [1.82, 2.24) is 9.55 Å². The Morgan fingerprint density at radius 2 is 0.984 bits per heavy atom. The first-order valence-electron chi connectivity index (χ1n) is 20.5. The molecule has 0 spiro atoms. The molecule has 6 heteroatoms. The molecule has 3 aromatic heterocycles. The molecule has 0 aliphatic carbocycles. The van der Waals surface area contributed by atoms with Crippen molar-refractivity contribution < 1.29 is 13.2 Å². The summed E-state index contributed by atoms with van der Waals surface area (Å²) >= 11 is 1.77. The van der Waals surface area contributed by atoms with E-state index in [-0.39, 0.29) is 0 Å². The molecule has 2 nitrogen and oxygen atoms in total. The molecule has 0 saturated heterocycles. The van der Waals surface area contributed by atoms with Crippen molar-refractivity contribution >= 4 is 75.5 Å². The highest BCUT2D eigenvalue weighted by Crippen LogP contribution is 2.44. The van der Waals surface area contributed by atoms with Crippen LogP contribution in [0.15, 0.2) is 200 Å². The quantitative estimate of drug-likeness (QED) is 0.158. The summed E-state index contributed by atoms with van der Waals surface area (Å²) in [6.07, 6.45) is -4.41. The van der Waals surface area contributed by atoms with E-state index in [1.54, 1.807) is 23.5 Å². The third-order valence-corrected chi connectivity index (χ3v) is 13.2. The van der Waals surface area contributed by atoms with Gasteiger partial charge in [-0.05, 0) is 126 Å². The second-order valence-electron chi connectivity index (χ2n) is 15.8.